The molecule has 0 bridgehead atoms. The van der Waals surface area contributed by atoms with E-state index in [1.54, 1.807) is 6.07 Å². The van der Waals surface area contributed by atoms with E-state index in [1.165, 1.54) is 6.42 Å². The molecule has 5 rings (SSSR count). The topological polar surface area (TPSA) is 35.9 Å². The van der Waals surface area contributed by atoms with Gasteiger partial charge in [-0.05, 0) is 74.7 Å². The molecule has 1 saturated heterocycles. The van der Waals surface area contributed by atoms with Crippen molar-refractivity contribution < 1.29 is 9.18 Å². The Morgan fingerprint density at radius 3 is 2.56 bits per heavy atom. The second-order valence-corrected chi connectivity index (χ2v) is 10.9. The van der Waals surface area contributed by atoms with E-state index in [0.29, 0.717) is 28.6 Å². The van der Waals surface area contributed by atoms with Crippen molar-refractivity contribution in [1.82, 2.24) is 9.80 Å². The molecule has 36 heavy (non-hydrogen) atoms. The highest BCUT2D eigenvalue weighted by atomic mass is 19.1. The molecular formula is C31H42FN3O. The van der Waals surface area contributed by atoms with E-state index in [0.717, 1.165) is 62.8 Å². The summed E-state index contributed by atoms with van der Waals surface area (Å²) in [6.45, 7) is 13.4. The van der Waals surface area contributed by atoms with Crippen LogP contribution in [-0.4, -0.2) is 41.1 Å². The minimum atomic E-state index is -0.172. The van der Waals surface area contributed by atoms with Gasteiger partial charge in [0, 0.05) is 36.3 Å². The number of hydrogen-bond donors (Lipinski definition) is 0. The number of amides is 1. The molecule has 3 fully saturated rings. The molecule has 194 valence electrons. The number of allylic oxidation sites excluding steroid dienone is 3. The van der Waals surface area contributed by atoms with E-state index in [-0.39, 0.29) is 23.2 Å². The zero-order valence-corrected chi connectivity index (χ0v) is 22.7. The summed E-state index contributed by atoms with van der Waals surface area (Å²) < 4.78 is 15.3. The van der Waals surface area contributed by atoms with E-state index >= 15 is 4.39 Å². The van der Waals surface area contributed by atoms with Crippen LogP contribution in [0.15, 0.2) is 53.4 Å². The molecule has 0 N–H and O–H groups in total. The number of hydrogen-bond acceptors (Lipinski definition) is 3. The molecule has 0 radical (unpaired) electrons. The zero-order chi connectivity index (χ0) is 26.0. The van der Waals surface area contributed by atoms with Crippen molar-refractivity contribution in [1.29, 1.82) is 0 Å². The van der Waals surface area contributed by atoms with Crippen LogP contribution in [-0.2, 0) is 4.79 Å². The number of carbonyl (C=O) groups is 1. The number of rotatable bonds is 5. The number of halogens is 1. The van der Waals surface area contributed by atoms with E-state index in [4.69, 9.17) is 4.99 Å². The fourth-order valence-corrected chi connectivity index (χ4v) is 5.31. The number of carbonyl (C=O) groups excluding carboxylic acids is 1. The predicted molar refractivity (Wildman–Crippen MR) is 147 cm³/mol. The summed E-state index contributed by atoms with van der Waals surface area (Å²) in [7, 11) is 1.99. The summed E-state index contributed by atoms with van der Waals surface area (Å²) >= 11 is 0. The molecule has 1 aromatic rings. The Labute approximate surface area is 216 Å². The third kappa shape index (κ3) is 5.35. The van der Waals surface area contributed by atoms with Gasteiger partial charge in [-0.15, -0.1) is 0 Å². The Morgan fingerprint density at radius 1 is 1.17 bits per heavy atom. The molecule has 1 aromatic carbocycles. The minimum Gasteiger partial charge on any atom is -0.335 e. The standard InChI is InChI=1S/C29H36FN3O.C2H6/c1-19(22-10-8-11-23(27(22)30)21-12-13-21)17-26-31-24(18-25(32(26)4)29(3)14-15-29)28(34)33-16-7-5-6-9-20(33)2;1-2/h8,10-11,17-18,20-21H,1,5-7,9,12-16H2,2-4H3;1-2H3/b26-17-;. The Morgan fingerprint density at radius 2 is 1.89 bits per heavy atom. The second kappa shape index (κ2) is 10.7. The molecule has 2 heterocycles. The SMILES string of the molecule is C=C(/C=C1/N=C(C(=O)N2CCCCCC2C)C=C(C2(C)CC2)N1C)c1cccc(C2CC2)c1F.CC. The van der Waals surface area contributed by atoms with Crippen LogP contribution in [0.1, 0.15) is 96.1 Å². The first-order chi connectivity index (χ1) is 17.3. The minimum absolute atomic E-state index is 0.00248. The maximum absolute atomic E-state index is 15.3. The van der Waals surface area contributed by atoms with Crippen LogP contribution in [0.3, 0.4) is 0 Å². The van der Waals surface area contributed by atoms with E-state index < -0.39 is 0 Å². The van der Waals surface area contributed by atoms with Crippen LogP contribution in [0.2, 0.25) is 0 Å². The van der Waals surface area contributed by atoms with Crippen LogP contribution in [0, 0.1) is 11.2 Å². The van der Waals surface area contributed by atoms with E-state index in [9.17, 15) is 4.79 Å². The lowest BCUT2D eigenvalue weighted by atomic mass is 9.98. The van der Waals surface area contributed by atoms with Crippen LogP contribution in [0.5, 0.6) is 0 Å². The summed E-state index contributed by atoms with van der Waals surface area (Å²) in [4.78, 5) is 22.5. The fraction of sp³-hybridized carbons (Fsp3) is 0.548. The maximum atomic E-state index is 15.3. The number of nitrogens with zero attached hydrogens (tertiary/aromatic N) is 3. The smallest absolute Gasteiger partial charge is 0.272 e. The molecular weight excluding hydrogens is 449 g/mol. The predicted octanol–water partition coefficient (Wildman–Crippen LogP) is 7.45. The molecule has 2 saturated carbocycles. The molecule has 4 nitrogen and oxygen atoms in total. The normalized spacial score (nSPS) is 24.3. The summed E-state index contributed by atoms with van der Waals surface area (Å²) in [5, 5.41) is 0. The average Bonchev–Trinajstić information content (AvgIpc) is 3.79. The zero-order valence-electron chi connectivity index (χ0n) is 22.7. The molecule has 0 spiro atoms. The van der Waals surface area contributed by atoms with Gasteiger partial charge in [0.1, 0.15) is 17.3 Å². The maximum Gasteiger partial charge on any atom is 0.272 e. The summed E-state index contributed by atoms with van der Waals surface area (Å²) in [5.41, 5.74) is 3.54. The van der Waals surface area contributed by atoms with E-state index in [2.05, 4.69) is 25.3 Å². The Bertz CT molecular complexity index is 1110. The van der Waals surface area contributed by atoms with Crippen molar-refractivity contribution in [3.8, 4) is 0 Å². The molecule has 2 aliphatic heterocycles. The van der Waals surface area contributed by atoms with Gasteiger partial charge in [-0.1, -0.05) is 58.4 Å². The van der Waals surface area contributed by atoms with Gasteiger partial charge in [-0.25, -0.2) is 9.38 Å². The van der Waals surface area contributed by atoms with Crippen molar-refractivity contribution in [3.05, 3.63) is 65.4 Å². The Hall–Kier alpha value is -2.69. The third-order valence-corrected chi connectivity index (χ3v) is 8.06. The lowest BCUT2D eigenvalue weighted by Crippen LogP contribution is -2.43. The van der Waals surface area contributed by atoms with Gasteiger partial charge in [-0.2, -0.15) is 0 Å². The van der Waals surface area contributed by atoms with Crippen LogP contribution < -0.4 is 0 Å². The highest BCUT2D eigenvalue weighted by molar-refractivity contribution is 6.43. The van der Waals surface area contributed by atoms with Crippen LogP contribution in [0.25, 0.3) is 5.57 Å². The number of likely N-dealkylation sites (tertiary alicyclic amines) is 1. The van der Waals surface area contributed by atoms with Crippen molar-refractivity contribution in [2.24, 2.45) is 10.4 Å². The molecule has 0 aromatic heterocycles. The van der Waals surface area contributed by atoms with Crippen molar-refractivity contribution in [2.75, 3.05) is 13.6 Å². The molecule has 4 aliphatic rings. The number of benzene rings is 1. The van der Waals surface area contributed by atoms with Crippen molar-refractivity contribution in [3.63, 3.8) is 0 Å². The Kier molecular flexibility index (Phi) is 7.87. The van der Waals surface area contributed by atoms with Gasteiger partial charge in [0.25, 0.3) is 5.91 Å². The monoisotopic (exact) mass is 491 g/mol. The highest BCUT2D eigenvalue weighted by Gasteiger charge is 2.45. The molecule has 1 atom stereocenters. The molecule has 1 unspecified atom stereocenters. The summed E-state index contributed by atoms with van der Waals surface area (Å²) in [6, 6.07) is 5.80. The summed E-state index contributed by atoms with van der Waals surface area (Å²) in [6.07, 6.45) is 12.5. The van der Waals surface area contributed by atoms with Crippen LogP contribution in [0.4, 0.5) is 4.39 Å². The van der Waals surface area contributed by atoms with E-state index in [1.807, 2.05) is 50.1 Å². The molecule has 2 aliphatic carbocycles. The largest absolute Gasteiger partial charge is 0.335 e. The summed E-state index contributed by atoms with van der Waals surface area (Å²) in [5.74, 6) is 0.814. The third-order valence-electron chi connectivity index (χ3n) is 8.06. The highest BCUT2D eigenvalue weighted by Crippen LogP contribution is 2.53. The first-order valence-corrected chi connectivity index (χ1v) is 13.8. The average molecular weight is 492 g/mol. The first-order valence-electron chi connectivity index (χ1n) is 13.8. The van der Waals surface area contributed by atoms with Crippen molar-refractivity contribution >= 4 is 17.2 Å². The molecule has 1 amide bonds. The fourth-order valence-electron chi connectivity index (χ4n) is 5.31. The van der Waals surface area contributed by atoms with Crippen LogP contribution >= 0.6 is 0 Å². The van der Waals surface area contributed by atoms with Gasteiger partial charge >= 0.3 is 0 Å². The van der Waals surface area contributed by atoms with Gasteiger partial charge in [0.15, 0.2) is 0 Å². The molecule has 5 heteroatoms. The number of aliphatic imine (C=N–C) groups is 1. The van der Waals surface area contributed by atoms with Gasteiger partial charge in [-0.3, -0.25) is 4.79 Å². The second-order valence-electron chi connectivity index (χ2n) is 10.9. The van der Waals surface area contributed by atoms with Crippen molar-refractivity contribution in [2.45, 2.75) is 91.0 Å². The van der Waals surface area contributed by atoms with Gasteiger partial charge < -0.3 is 9.80 Å². The Balaban J connectivity index is 0.00000148. The lowest BCUT2D eigenvalue weighted by Gasteiger charge is -2.33. The quantitative estimate of drug-likeness (QED) is 0.429. The lowest BCUT2D eigenvalue weighted by molar-refractivity contribution is -0.125. The van der Waals surface area contributed by atoms with Gasteiger partial charge in [0.2, 0.25) is 0 Å². The first kappa shape index (κ1) is 26.4. The van der Waals surface area contributed by atoms with Gasteiger partial charge in [0.05, 0.1) is 0 Å².